The maximum Gasteiger partial charge on any atom is 0.252 e. The minimum absolute atomic E-state index is 0.134. The molecule has 0 aliphatic heterocycles. The lowest BCUT2D eigenvalue weighted by atomic mass is 10.2. The van der Waals surface area contributed by atoms with Crippen LogP contribution in [0.15, 0.2) is 28.4 Å². The van der Waals surface area contributed by atoms with Crippen LogP contribution in [0, 0.1) is 6.92 Å². The Labute approximate surface area is 114 Å². The molecule has 0 unspecified atom stereocenters. The molecule has 1 amide bonds. The van der Waals surface area contributed by atoms with Gasteiger partial charge in [-0.25, -0.2) is 4.98 Å². The van der Waals surface area contributed by atoms with Gasteiger partial charge in [-0.05, 0) is 31.2 Å². The van der Waals surface area contributed by atoms with E-state index in [1.165, 1.54) is 10.9 Å². The average Bonchev–Trinajstić information content (AvgIpc) is 2.80. The van der Waals surface area contributed by atoms with Crippen LogP contribution in [-0.2, 0) is 11.2 Å². The zero-order valence-electron chi connectivity index (χ0n) is 10.6. The van der Waals surface area contributed by atoms with Gasteiger partial charge in [-0.2, -0.15) is 0 Å². The van der Waals surface area contributed by atoms with E-state index in [-0.39, 0.29) is 17.4 Å². The van der Waals surface area contributed by atoms with Crippen molar-refractivity contribution >= 4 is 23.2 Å². The number of hydrogen-bond acceptors (Lipinski definition) is 4. The molecule has 2 N–H and O–H groups in total. The Morgan fingerprint density at radius 2 is 2.37 bits per heavy atom. The lowest BCUT2D eigenvalue weighted by molar-refractivity contribution is -0.116. The van der Waals surface area contributed by atoms with Crippen molar-refractivity contribution in [1.29, 1.82) is 0 Å². The largest absolute Gasteiger partial charge is 0.296 e. The average molecular weight is 277 g/mol. The molecule has 2 rings (SSSR count). The smallest absolute Gasteiger partial charge is 0.252 e. The summed E-state index contributed by atoms with van der Waals surface area (Å²) in [5.74, 6) is 0.0800. The summed E-state index contributed by atoms with van der Waals surface area (Å²) in [5, 5.41) is 4.63. The number of carbonyl (C=O) groups is 1. The number of H-pyrrole nitrogens is 1. The summed E-state index contributed by atoms with van der Waals surface area (Å²) in [6, 6.07) is 5.44. The van der Waals surface area contributed by atoms with E-state index in [1.807, 2.05) is 11.4 Å². The second-order valence-electron chi connectivity index (χ2n) is 4.22. The fourth-order valence-corrected chi connectivity index (χ4v) is 2.46. The first kappa shape index (κ1) is 13.5. The third-order valence-electron chi connectivity index (χ3n) is 2.53. The van der Waals surface area contributed by atoms with Gasteiger partial charge in [0.15, 0.2) is 0 Å². The third-order valence-corrected chi connectivity index (χ3v) is 3.47. The van der Waals surface area contributed by atoms with Gasteiger partial charge in [0.05, 0.1) is 0 Å². The highest BCUT2D eigenvalue weighted by Crippen LogP contribution is 2.12. The molecule has 2 heterocycles. The van der Waals surface area contributed by atoms with Crippen molar-refractivity contribution in [3.05, 3.63) is 44.5 Å². The Balaban J connectivity index is 1.82. The van der Waals surface area contributed by atoms with Crippen molar-refractivity contribution in [2.75, 3.05) is 5.32 Å². The van der Waals surface area contributed by atoms with Gasteiger partial charge in [0, 0.05) is 23.1 Å². The molecule has 0 spiro atoms. The molecule has 0 aliphatic carbocycles. The van der Waals surface area contributed by atoms with Gasteiger partial charge < -0.3 is 0 Å². The summed E-state index contributed by atoms with van der Waals surface area (Å²) >= 11 is 1.69. The van der Waals surface area contributed by atoms with Crippen molar-refractivity contribution < 1.29 is 4.79 Å². The van der Waals surface area contributed by atoms with Crippen molar-refractivity contribution in [2.45, 2.75) is 26.2 Å². The van der Waals surface area contributed by atoms with Crippen LogP contribution in [0.25, 0.3) is 0 Å². The van der Waals surface area contributed by atoms with Crippen LogP contribution >= 0.6 is 11.3 Å². The zero-order valence-corrected chi connectivity index (χ0v) is 11.4. The quantitative estimate of drug-likeness (QED) is 0.879. The molecule has 0 bridgehead atoms. The standard InChI is InChI=1S/C13H15N3O2S/c1-9-8-12(18)16-13(14-9)15-11(17)6-2-4-10-5-3-7-19-10/h3,5,7-8H,2,4,6H2,1H3,(H2,14,15,16,17,18). The summed E-state index contributed by atoms with van der Waals surface area (Å²) in [7, 11) is 0. The van der Waals surface area contributed by atoms with E-state index in [0.29, 0.717) is 12.1 Å². The predicted molar refractivity (Wildman–Crippen MR) is 75.5 cm³/mol. The van der Waals surface area contributed by atoms with Crippen molar-refractivity contribution in [3.63, 3.8) is 0 Å². The molecule has 0 aliphatic rings. The molecule has 19 heavy (non-hydrogen) atoms. The fourth-order valence-electron chi connectivity index (χ4n) is 1.71. The highest BCUT2D eigenvalue weighted by Gasteiger charge is 2.05. The first-order valence-electron chi connectivity index (χ1n) is 6.04. The first-order chi connectivity index (χ1) is 9.13. The summed E-state index contributed by atoms with van der Waals surface area (Å²) < 4.78 is 0. The highest BCUT2D eigenvalue weighted by atomic mass is 32.1. The van der Waals surface area contributed by atoms with Crippen molar-refractivity contribution in [2.24, 2.45) is 0 Å². The number of anilines is 1. The minimum Gasteiger partial charge on any atom is -0.296 e. The molecule has 5 nitrogen and oxygen atoms in total. The van der Waals surface area contributed by atoms with Crippen LogP contribution in [0.2, 0.25) is 0 Å². The molecular formula is C13H15N3O2S. The van der Waals surface area contributed by atoms with Gasteiger partial charge in [-0.15, -0.1) is 11.3 Å². The summed E-state index contributed by atoms with van der Waals surface area (Å²) in [6.45, 7) is 1.71. The molecule has 2 aromatic rings. The SMILES string of the molecule is Cc1cc(=O)[nH]c(NC(=O)CCCc2cccs2)n1. The molecule has 0 saturated heterocycles. The number of nitrogens with one attached hydrogen (secondary N) is 2. The normalized spacial score (nSPS) is 10.4. The Morgan fingerprint density at radius 3 is 3.05 bits per heavy atom. The molecule has 2 aromatic heterocycles. The van der Waals surface area contributed by atoms with E-state index in [0.717, 1.165) is 12.8 Å². The lowest BCUT2D eigenvalue weighted by Gasteiger charge is -2.04. The van der Waals surface area contributed by atoms with E-state index in [1.54, 1.807) is 18.3 Å². The number of amides is 1. The van der Waals surface area contributed by atoms with Gasteiger partial charge >= 0.3 is 0 Å². The van der Waals surface area contributed by atoms with E-state index >= 15 is 0 Å². The van der Waals surface area contributed by atoms with Crippen LogP contribution < -0.4 is 10.9 Å². The number of aromatic nitrogens is 2. The van der Waals surface area contributed by atoms with Crippen LogP contribution in [-0.4, -0.2) is 15.9 Å². The first-order valence-corrected chi connectivity index (χ1v) is 6.91. The molecular weight excluding hydrogens is 262 g/mol. The number of aromatic amines is 1. The van der Waals surface area contributed by atoms with E-state index in [9.17, 15) is 9.59 Å². The van der Waals surface area contributed by atoms with Gasteiger partial charge in [0.2, 0.25) is 11.9 Å². The van der Waals surface area contributed by atoms with Crippen LogP contribution in [0.4, 0.5) is 5.95 Å². The van der Waals surface area contributed by atoms with Crippen LogP contribution in [0.1, 0.15) is 23.4 Å². The minimum atomic E-state index is -0.263. The molecule has 0 saturated carbocycles. The highest BCUT2D eigenvalue weighted by molar-refractivity contribution is 7.09. The third kappa shape index (κ3) is 4.33. The number of carbonyl (C=O) groups excluding carboxylic acids is 1. The van der Waals surface area contributed by atoms with Gasteiger partial charge in [0.25, 0.3) is 5.56 Å². The van der Waals surface area contributed by atoms with Gasteiger partial charge in [-0.1, -0.05) is 6.07 Å². The molecule has 0 fully saturated rings. The second-order valence-corrected chi connectivity index (χ2v) is 5.25. The number of rotatable bonds is 5. The van der Waals surface area contributed by atoms with Crippen LogP contribution in [0.5, 0.6) is 0 Å². The Bertz CT molecular complexity index is 605. The van der Waals surface area contributed by atoms with E-state index < -0.39 is 0 Å². The molecule has 0 atom stereocenters. The Hall–Kier alpha value is -1.95. The maximum atomic E-state index is 11.7. The summed E-state index contributed by atoms with van der Waals surface area (Å²) in [5.41, 5.74) is 0.319. The number of nitrogens with zero attached hydrogens (tertiary/aromatic N) is 1. The number of aryl methyl sites for hydroxylation is 2. The van der Waals surface area contributed by atoms with E-state index in [2.05, 4.69) is 21.4 Å². The fraction of sp³-hybridized carbons (Fsp3) is 0.308. The lowest BCUT2D eigenvalue weighted by Crippen LogP contribution is -2.18. The van der Waals surface area contributed by atoms with Crippen LogP contribution in [0.3, 0.4) is 0 Å². The zero-order chi connectivity index (χ0) is 13.7. The molecule has 0 aromatic carbocycles. The Kier molecular flexibility index (Phi) is 4.46. The molecule has 100 valence electrons. The maximum absolute atomic E-state index is 11.7. The van der Waals surface area contributed by atoms with Crippen molar-refractivity contribution in [1.82, 2.24) is 9.97 Å². The topological polar surface area (TPSA) is 74.8 Å². The van der Waals surface area contributed by atoms with Crippen molar-refractivity contribution in [3.8, 4) is 0 Å². The summed E-state index contributed by atoms with van der Waals surface area (Å²) in [4.78, 5) is 30.7. The molecule has 0 radical (unpaired) electrons. The van der Waals surface area contributed by atoms with E-state index in [4.69, 9.17) is 0 Å². The second kappa shape index (κ2) is 6.29. The predicted octanol–water partition coefficient (Wildman–Crippen LogP) is 2.10. The van der Waals surface area contributed by atoms with Gasteiger partial charge in [-0.3, -0.25) is 19.9 Å². The number of thiophene rings is 1. The number of hydrogen-bond donors (Lipinski definition) is 2. The molecule has 6 heteroatoms. The monoisotopic (exact) mass is 277 g/mol. The summed E-state index contributed by atoms with van der Waals surface area (Å²) in [6.07, 6.45) is 2.08. The Morgan fingerprint density at radius 1 is 1.53 bits per heavy atom. The van der Waals surface area contributed by atoms with Gasteiger partial charge in [0.1, 0.15) is 0 Å².